The lowest BCUT2D eigenvalue weighted by molar-refractivity contribution is -0.142. The Morgan fingerprint density at radius 1 is 1.50 bits per heavy atom. The van der Waals surface area contributed by atoms with E-state index in [-0.39, 0.29) is 12.4 Å². The average molecular weight is 330 g/mol. The van der Waals surface area contributed by atoms with Crippen molar-refractivity contribution in [2.75, 3.05) is 6.61 Å². The van der Waals surface area contributed by atoms with Gasteiger partial charge in [-0.3, -0.25) is 4.79 Å². The van der Waals surface area contributed by atoms with Crippen LogP contribution in [0.15, 0.2) is 24.5 Å². The summed E-state index contributed by atoms with van der Waals surface area (Å²) in [6.07, 6.45) is 4.05. The van der Waals surface area contributed by atoms with Crippen LogP contribution in [0.25, 0.3) is 5.65 Å². The Morgan fingerprint density at radius 2 is 2.31 bits per heavy atom. The van der Waals surface area contributed by atoms with Crippen LogP contribution in [0.1, 0.15) is 12.6 Å². The van der Waals surface area contributed by atoms with Crippen molar-refractivity contribution < 1.29 is 9.53 Å². The summed E-state index contributed by atoms with van der Waals surface area (Å²) in [5, 5.41) is 0. The molecule has 5 heteroatoms. The maximum absolute atomic E-state index is 11.3. The second-order valence-electron chi connectivity index (χ2n) is 3.33. The molecule has 0 aliphatic rings. The molecule has 0 aromatic carbocycles. The summed E-state index contributed by atoms with van der Waals surface area (Å²) < 4.78 is 7.92. The summed E-state index contributed by atoms with van der Waals surface area (Å²) in [5.74, 6) is -0.236. The van der Waals surface area contributed by atoms with Gasteiger partial charge in [-0.25, -0.2) is 4.98 Å². The number of ether oxygens (including phenoxy) is 1. The molecule has 2 rings (SSSR count). The maximum Gasteiger partial charge on any atom is 0.311 e. The molecule has 4 nitrogen and oxygen atoms in total. The molecule has 0 N–H and O–H groups in total. The predicted molar refractivity (Wildman–Crippen MR) is 68.2 cm³/mol. The standard InChI is InChI=1S/C11H11IN2O2/c1-2-16-11(15)5-9-7-14-6-8(12)3-4-10(14)13-9/h3-4,6-7H,2,5H2,1H3. The second kappa shape index (κ2) is 4.82. The lowest BCUT2D eigenvalue weighted by Gasteiger charge is -1.97. The summed E-state index contributed by atoms with van der Waals surface area (Å²) in [6.45, 7) is 2.20. The minimum absolute atomic E-state index is 0.228. The number of rotatable bonds is 3. The largest absolute Gasteiger partial charge is 0.466 e. The van der Waals surface area contributed by atoms with Gasteiger partial charge in [-0.15, -0.1) is 0 Å². The predicted octanol–water partition coefficient (Wildman–Crippen LogP) is 2.04. The van der Waals surface area contributed by atoms with Crippen LogP contribution in [-0.4, -0.2) is 22.0 Å². The van der Waals surface area contributed by atoms with Gasteiger partial charge in [0.2, 0.25) is 0 Å². The number of halogens is 1. The summed E-state index contributed by atoms with van der Waals surface area (Å²) in [4.78, 5) is 15.6. The van der Waals surface area contributed by atoms with Crippen LogP contribution in [0.4, 0.5) is 0 Å². The zero-order chi connectivity index (χ0) is 11.5. The van der Waals surface area contributed by atoms with E-state index in [1.165, 1.54) is 0 Å². The third-order valence-electron chi connectivity index (χ3n) is 2.10. The highest BCUT2D eigenvalue weighted by molar-refractivity contribution is 14.1. The van der Waals surface area contributed by atoms with Gasteiger partial charge in [0.15, 0.2) is 0 Å². The highest BCUT2D eigenvalue weighted by Gasteiger charge is 2.08. The molecular weight excluding hydrogens is 319 g/mol. The third-order valence-corrected chi connectivity index (χ3v) is 2.73. The molecule has 16 heavy (non-hydrogen) atoms. The number of carbonyl (C=O) groups excluding carboxylic acids is 1. The summed E-state index contributed by atoms with van der Waals surface area (Å²) in [7, 11) is 0. The Morgan fingerprint density at radius 3 is 3.06 bits per heavy atom. The number of imidazole rings is 1. The summed E-state index contributed by atoms with van der Waals surface area (Å²) >= 11 is 2.24. The lowest BCUT2D eigenvalue weighted by Crippen LogP contribution is -2.07. The van der Waals surface area contributed by atoms with Gasteiger partial charge in [0.25, 0.3) is 0 Å². The first-order chi connectivity index (χ1) is 7.69. The van der Waals surface area contributed by atoms with Crippen molar-refractivity contribution in [2.24, 2.45) is 0 Å². The van der Waals surface area contributed by atoms with Crippen molar-refractivity contribution in [3.63, 3.8) is 0 Å². The highest BCUT2D eigenvalue weighted by Crippen LogP contribution is 2.10. The van der Waals surface area contributed by atoms with Gasteiger partial charge in [-0.05, 0) is 41.6 Å². The van der Waals surface area contributed by atoms with Crippen LogP contribution in [-0.2, 0) is 16.0 Å². The van der Waals surface area contributed by atoms with E-state index in [9.17, 15) is 4.79 Å². The molecule has 2 aromatic rings. The molecule has 84 valence electrons. The van der Waals surface area contributed by atoms with Gasteiger partial charge in [-0.1, -0.05) is 0 Å². The fourth-order valence-electron chi connectivity index (χ4n) is 1.46. The number of hydrogen-bond donors (Lipinski definition) is 0. The molecule has 0 unspecified atom stereocenters. The molecule has 0 radical (unpaired) electrons. The fraction of sp³-hybridized carbons (Fsp3) is 0.273. The number of fused-ring (bicyclic) bond motifs is 1. The Bertz CT molecular complexity index is 522. The quantitative estimate of drug-likeness (QED) is 0.639. The molecule has 0 amide bonds. The molecule has 0 atom stereocenters. The lowest BCUT2D eigenvalue weighted by atomic mass is 10.3. The monoisotopic (exact) mass is 330 g/mol. The van der Waals surface area contributed by atoms with Crippen molar-refractivity contribution in [3.05, 3.63) is 33.8 Å². The van der Waals surface area contributed by atoms with Crippen LogP contribution in [0.5, 0.6) is 0 Å². The first kappa shape index (κ1) is 11.4. The topological polar surface area (TPSA) is 43.6 Å². The molecule has 0 saturated carbocycles. The van der Waals surface area contributed by atoms with E-state index in [0.29, 0.717) is 6.61 Å². The van der Waals surface area contributed by atoms with Crippen molar-refractivity contribution in [2.45, 2.75) is 13.3 Å². The molecule has 0 fully saturated rings. The van der Waals surface area contributed by atoms with E-state index in [0.717, 1.165) is 14.9 Å². The number of pyridine rings is 1. The molecule has 0 spiro atoms. The molecule has 0 aliphatic heterocycles. The first-order valence-electron chi connectivity index (χ1n) is 4.98. The number of nitrogens with zero attached hydrogens (tertiary/aromatic N) is 2. The maximum atomic E-state index is 11.3. The minimum atomic E-state index is -0.236. The van der Waals surface area contributed by atoms with Gasteiger partial charge >= 0.3 is 5.97 Å². The van der Waals surface area contributed by atoms with Gasteiger partial charge < -0.3 is 9.14 Å². The van der Waals surface area contributed by atoms with Crippen molar-refractivity contribution in [1.82, 2.24) is 9.38 Å². The van der Waals surface area contributed by atoms with Crippen LogP contribution in [0, 0.1) is 3.57 Å². The number of carbonyl (C=O) groups is 1. The second-order valence-corrected chi connectivity index (χ2v) is 4.57. The van der Waals surface area contributed by atoms with Crippen LogP contribution < -0.4 is 0 Å². The van der Waals surface area contributed by atoms with Crippen LogP contribution >= 0.6 is 22.6 Å². The van der Waals surface area contributed by atoms with E-state index < -0.39 is 0 Å². The molecule has 2 heterocycles. The van der Waals surface area contributed by atoms with Crippen LogP contribution in [0.2, 0.25) is 0 Å². The Labute approximate surface area is 107 Å². The molecule has 0 bridgehead atoms. The van der Waals surface area contributed by atoms with E-state index >= 15 is 0 Å². The van der Waals surface area contributed by atoms with Gasteiger partial charge in [0.05, 0.1) is 18.7 Å². The fourth-order valence-corrected chi connectivity index (χ4v) is 1.94. The minimum Gasteiger partial charge on any atom is -0.466 e. The average Bonchev–Trinajstić information content (AvgIpc) is 2.59. The number of esters is 1. The van der Waals surface area contributed by atoms with Gasteiger partial charge in [0.1, 0.15) is 5.65 Å². The molecule has 0 aliphatic carbocycles. The normalized spacial score (nSPS) is 10.6. The molecule has 2 aromatic heterocycles. The molecule has 0 saturated heterocycles. The highest BCUT2D eigenvalue weighted by atomic mass is 127. The SMILES string of the molecule is CCOC(=O)Cc1cn2cc(I)ccc2n1. The van der Waals surface area contributed by atoms with Gasteiger partial charge in [0, 0.05) is 16.0 Å². The Kier molecular flexibility index (Phi) is 3.42. The Balaban J connectivity index is 2.23. The van der Waals surface area contributed by atoms with E-state index in [1.807, 2.05) is 28.9 Å². The van der Waals surface area contributed by atoms with E-state index in [1.54, 1.807) is 6.92 Å². The third kappa shape index (κ3) is 2.52. The first-order valence-corrected chi connectivity index (χ1v) is 6.05. The zero-order valence-corrected chi connectivity index (χ0v) is 11.0. The van der Waals surface area contributed by atoms with Gasteiger partial charge in [-0.2, -0.15) is 0 Å². The summed E-state index contributed by atoms with van der Waals surface area (Å²) in [6, 6.07) is 3.91. The number of hydrogen-bond acceptors (Lipinski definition) is 3. The van der Waals surface area contributed by atoms with Crippen molar-refractivity contribution in [3.8, 4) is 0 Å². The zero-order valence-electron chi connectivity index (χ0n) is 8.81. The van der Waals surface area contributed by atoms with Crippen LogP contribution in [0.3, 0.4) is 0 Å². The van der Waals surface area contributed by atoms with Crippen molar-refractivity contribution in [1.29, 1.82) is 0 Å². The van der Waals surface area contributed by atoms with E-state index in [2.05, 4.69) is 27.6 Å². The summed E-state index contributed by atoms with van der Waals surface area (Å²) in [5.41, 5.74) is 1.58. The molecular formula is C11H11IN2O2. The smallest absolute Gasteiger partial charge is 0.311 e. The number of aromatic nitrogens is 2. The van der Waals surface area contributed by atoms with E-state index in [4.69, 9.17) is 4.74 Å². The Hall–Kier alpha value is -1.11. The van der Waals surface area contributed by atoms with Crippen molar-refractivity contribution >= 4 is 34.2 Å².